The smallest absolute Gasteiger partial charge is 0.247 e. The molecule has 4 heterocycles. The zero-order chi connectivity index (χ0) is 24.3. The highest BCUT2D eigenvalue weighted by atomic mass is 16.4. The summed E-state index contributed by atoms with van der Waals surface area (Å²) in [7, 11) is 0. The maximum absolute atomic E-state index is 5.95. The van der Waals surface area contributed by atoms with E-state index in [0.717, 1.165) is 45.9 Å². The van der Waals surface area contributed by atoms with Crippen LogP contribution < -0.4 is 5.32 Å². The summed E-state index contributed by atoms with van der Waals surface area (Å²) in [5, 5.41) is 3.20. The number of nitrogens with zero attached hydrogens (tertiary/aromatic N) is 4. The summed E-state index contributed by atoms with van der Waals surface area (Å²) in [5.74, 6) is 1.79. The Morgan fingerprint density at radius 3 is 2.53 bits per heavy atom. The number of pyridine rings is 1. The van der Waals surface area contributed by atoms with Crippen LogP contribution in [0.2, 0.25) is 0 Å². The van der Waals surface area contributed by atoms with Gasteiger partial charge in [-0.3, -0.25) is 4.98 Å². The number of hydrogen-bond acceptors (Lipinski definition) is 6. The van der Waals surface area contributed by atoms with Crippen molar-refractivity contribution in [1.29, 1.82) is 0 Å². The van der Waals surface area contributed by atoms with Gasteiger partial charge in [-0.15, -0.1) is 0 Å². The van der Waals surface area contributed by atoms with E-state index in [1.165, 1.54) is 5.56 Å². The van der Waals surface area contributed by atoms with E-state index >= 15 is 0 Å². The molecular weight excluding hydrogens is 446 g/mol. The van der Waals surface area contributed by atoms with Crippen LogP contribution in [0.5, 0.6) is 0 Å². The van der Waals surface area contributed by atoms with Crippen LogP contribution in [0.4, 0.5) is 5.88 Å². The minimum absolute atomic E-state index is 0.212. The van der Waals surface area contributed by atoms with Gasteiger partial charge in [0.15, 0.2) is 5.82 Å². The van der Waals surface area contributed by atoms with Crippen LogP contribution in [-0.4, -0.2) is 26.5 Å². The summed E-state index contributed by atoms with van der Waals surface area (Å²) >= 11 is 0. The monoisotopic (exact) mass is 469 g/mol. The lowest BCUT2D eigenvalue weighted by atomic mass is 9.81. The second-order valence-corrected chi connectivity index (χ2v) is 9.60. The summed E-state index contributed by atoms with van der Waals surface area (Å²) in [4.78, 5) is 19.4. The maximum Gasteiger partial charge on any atom is 0.247 e. The number of oxazole rings is 1. The van der Waals surface area contributed by atoms with Crippen molar-refractivity contribution in [3.8, 4) is 45.5 Å². The number of nitrogens with one attached hydrogen (secondary N) is 1. The third-order valence-electron chi connectivity index (χ3n) is 6.98. The number of rotatable bonds is 3. The van der Waals surface area contributed by atoms with Gasteiger partial charge in [0.1, 0.15) is 11.4 Å². The molecule has 6 nitrogen and oxygen atoms in total. The van der Waals surface area contributed by atoms with Crippen molar-refractivity contribution < 1.29 is 4.42 Å². The van der Waals surface area contributed by atoms with Crippen molar-refractivity contribution >= 4 is 12.0 Å². The lowest BCUT2D eigenvalue weighted by Gasteiger charge is -2.23. The van der Waals surface area contributed by atoms with E-state index in [2.05, 4.69) is 77.7 Å². The number of hydrogen-bond donors (Lipinski definition) is 1. The molecule has 0 spiro atoms. The molecular formula is C30H23N5O. The number of benzene rings is 2. The van der Waals surface area contributed by atoms with Gasteiger partial charge in [0, 0.05) is 40.4 Å². The Bertz CT molecular complexity index is 1670. The molecule has 0 radical (unpaired) electrons. The predicted octanol–water partition coefficient (Wildman–Crippen LogP) is 6.61. The first-order chi connectivity index (χ1) is 17.6. The zero-order valence-corrected chi connectivity index (χ0v) is 20.0. The lowest BCUT2D eigenvalue weighted by molar-refractivity contribution is 0.584. The third-order valence-corrected chi connectivity index (χ3v) is 6.98. The SMILES string of the molecule is CC1(C)c2ccccc2-c2nc(-c3ccnc(-c4nc5c(o4)NCC=C5)c3)nc(-c3ccccc3)c21. The van der Waals surface area contributed by atoms with E-state index in [4.69, 9.17) is 14.4 Å². The summed E-state index contributed by atoms with van der Waals surface area (Å²) in [6.45, 7) is 5.23. The molecule has 0 saturated heterocycles. The van der Waals surface area contributed by atoms with E-state index in [-0.39, 0.29) is 5.41 Å². The largest absolute Gasteiger partial charge is 0.418 e. The Morgan fingerprint density at radius 1 is 0.861 bits per heavy atom. The molecule has 7 rings (SSSR count). The highest BCUT2D eigenvalue weighted by molar-refractivity contribution is 5.86. The molecule has 6 heteroatoms. The fraction of sp³-hybridized carbons (Fsp3) is 0.133. The minimum Gasteiger partial charge on any atom is -0.418 e. The topological polar surface area (TPSA) is 76.7 Å². The van der Waals surface area contributed by atoms with Gasteiger partial charge in [0.05, 0.1) is 11.4 Å². The average molecular weight is 470 g/mol. The van der Waals surface area contributed by atoms with Gasteiger partial charge in [-0.1, -0.05) is 74.5 Å². The molecule has 0 amide bonds. The number of aromatic nitrogens is 4. The van der Waals surface area contributed by atoms with Crippen LogP contribution in [0, 0.1) is 0 Å². The number of fused-ring (bicyclic) bond motifs is 4. The van der Waals surface area contributed by atoms with Crippen LogP contribution >= 0.6 is 0 Å². The molecule has 5 aromatic rings. The van der Waals surface area contributed by atoms with Crippen molar-refractivity contribution in [2.45, 2.75) is 19.3 Å². The van der Waals surface area contributed by atoms with Gasteiger partial charge in [-0.2, -0.15) is 0 Å². The van der Waals surface area contributed by atoms with E-state index in [0.29, 0.717) is 23.3 Å². The van der Waals surface area contributed by atoms with Crippen molar-refractivity contribution in [2.24, 2.45) is 0 Å². The fourth-order valence-electron chi connectivity index (χ4n) is 5.24. The van der Waals surface area contributed by atoms with Crippen LogP contribution in [0.25, 0.3) is 51.6 Å². The normalized spacial score (nSPS) is 14.6. The van der Waals surface area contributed by atoms with Crippen LogP contribution in [0.3, 0.4) is 0 Å². The molecule has 1 aliphatic heterocycles. The van der Waals surface area contributed by atoms with Crippen LogP contribution in [0.1, 0.15) is 30.7 Å². The first kappa shape index (κ1) is 20.8. The Hall–Kier alpha value is -4.58. The quantitative estimate of drug-likeness (QED) is 0.321. The molecule has 0 unspecified atom stereocenters. The van der Waals surface area contributed by atoms with E-state index in [1.54, 1.807) is 6.20 Å². The van der Waals surface area contributed by atoms with E-state index < -0.39 is 0 Å². The molecule has 36 heavy (non-hydrogen) atoms. The van der Waals surface area contributed by atoms with Crippen molar-refractivity contribution in [3.05, 3.63) is 95.8 Å². The predicted molar refractivity (Wildman–Crippen MR) is 141 cm³/mol. The van der Waals surface area contributed by atoms with Gasteiger partial charge in [0.2, 0.25) is 11.8 Å². The Kier molecular flexibility index (Phi) is 4.45. The maximum atomic E-state index is 5.95. The van der Waals surface area contributed by atoms with Crippen molar-refractivity contribution in [3.63, 3.8) is 0 Å². The molecule has 0 fully saturated rings. The molecule has 1 N–H and O–H groups in total. The molecule has 174 valence electrons. The molecule has 1 aliphatic carbocycles. The standard InChI is InChI=1S/C30H23N5O/c1-30(2)21-12-7-6-11-20(21)26-24(30)25(18-9-4-3-5-10-18)34-27(35-26)19-14-16-31-23(17-19)29-33-22-13-8-15-32-28(22)36-29/h3-14,16-17,32H,15H2,1-2H3. The molecule has 2 aromatic carbocycles. The molecule has 0 atom stereocenters. The first-order valence-electron chi connectivity index (χ1n) is 12.1. The summed E-state index contributed by atoms with van der Waals surface area (Å²) in [6.07, 6.45) is 5.73. The Balaban J connectivity index is 1.43. The average Bonchev–Trinajstić information content (AvgIpc) is 3.46. The Morgan fingerprint density at radius 2 is 1.67 bits per heavy atom. The molecule has 0 bridgehead atoms. The highest BCUT2D eigenvalue weighted by Gasteiger charge is 2.39. The lowest BCUT2D eigenvalue weighted by Crippen LogP contribution is -2.17. The van der Waals surface area contributed by atoms with Crippen molar-refractivity contribution in [1.82, 2.24) is 19.9 Å². The summed E-state index contributed by atoms with van der Waals surface area (Å²) < 4.78 is 5.95. The summed E-state index contributed by atoms with van der Waals surface area (Å²) in [5.41, 5.74) is 8.67. The number of anilines is 1. The van der Waals surface area contributed by atoms with Gasteiger partial charge in [0.25, 0.3) is 0 Å². The second-order valence-electron chi connectivity index (χ2n) is 9.60. The third kappa shape index (κ3) is 3.11. The summed E-state index contributed by atoms with van der Waals surface area (Å²) in [6, 6.07) is 22.8. The van der Waals surface area contributed by atoms with Gasteiger partial charge in [-0.05, 0) is 23.8 Å². The van der Waals surface area contributed by atoms with Gasteiger partial charge >= 0.3 is 0 Å². The fourth-order valence-corrected chi connectivity index (χ4v) is 5.24. The van der Waals surface area contributed by atoms with Gasteiger partial charge < -0.3 is 9.73 Å². The van der Waals surface area contributed by atoms with Gasteiger partial charge in [-0.25, -0.2) is 15.0 Å². The van der Waals surface area contributed by atoms with Crippen LogP contribution in [0.15, 0.2) is 83.4 Å². The second kappa shape index (κ2) is 7.71. The first-order valence-corrected chi connectivity index (χ1v) is 12.1. The zero-order valence-electron chi connectivity index (χ0n) is 20.0. The molecule has 2 aliphatic rings. The van der Waals surface area contributed by atoms with E-state index in [9.17, 15) is 0 Å². The minimum atomic E-state index is -0.212. The van der Waals surface area contributed by atoms with Crippen LogP contribution in [-0.2, 0) is 5.41 Å². The Labute approximate surface area is 208 Å². The molecule has 3 aromatic heterocycles. The highest BCUT2D eigenvalue weighted by Crippen LogP contribution is 2.51. The van der Waals surface area contributed by atoms with Crippen molar-refractivity contribution in [2.75, 3.05) is 11.9 Å². The van der Waals surface area contributed by atoms with E-state index in [1.807, 2.05) is 30.4 Å². The molecule has 0 saturated carbocycles.